The number of nitrogens with one attached hydrogen (secondary N) is 1. The zero-order valence-corrected chi connectivity index (χ0v) is 16.8. The number of furan rings is 1. The Morgan fingerprint density at radius 2 is 1.93 bits per heavy atom. The topological polar surface area (TPSA) is 71.8 Å². The molecule has 2 heterocycles. The van der Waals surface area contributed by atoms with Gasteiger partial charge in [-0.15, -0.1) is 0 Å². The fourth-order valence-electron chi connectivity index (χ4n) is 3.46. The van der Waals surface area contributed by atoms with Gasteiger partial charge in [0.25, 0.3) is 11.8 Å². The fraction of sp³-hybridized carbons (Fsp3) is 0.250. The minimum Gasteiger partial charge on any atom is -0.467 e. The van der Waals surface area contributed by atoms with Crippen LogP contribution >= 0.6 is 0 Å². The van der Waals surface area contributed by atoms with Crippen LogP contribution in [0.25, 0.3) is 0 Å². The van der Waals surface area contributed by atoms with Gasteiger partial charge in [-0.2, -0.15) is 0 Å². The molecular formula is C24H24N2O4. The van der Waals surface area contributed by atoms with Crippen LogP contribution in [-0.4, -0.2) is 24.5 Å². The molecular weight excluding hydrogens is 380 g/mol. The minimum atomic E-state index is -0.424. The second-order valence-corrected chi connectivity index (χ2v) is 7.38. The maximum absolute atomic E-state index is 13.4. The fourth-order valence-corrected chi connectivity index (χ4v) is 3.46. The highest BCUT2D eigenvalue weighted by molar-refractivity contribution is 6.07. The van der Waals surface area contributed by atoms with Crippen LogP contribution in [0.3, 0.4) is 0 Å². The summed E-state index contributed by atoms with van der Waals surface area (Å²) >= 11 is 0. The van der Waals surface area contributed by atoms with Crippen LogP contribution in [0.1, 0.15) is 34.5 Å². The van der Waals surface area contributed by atoms with Crippen LogP contribution in [0.2, 0.25) is 0 Å². The van der Waals surface area contributed by atoms with Crippen molar-refractivity contribution < 1.29 is 18.7 Å². The highest BCUT2D eigenvalue weighted by atomic mass is 16.5. The van der Waals surface area contributed by atoms with Crippen molar-refractivity contribution in [3.63, 3.8) is 0 Å². The summed E-state index contributed by atoms with van der Waals surface area (Å²) < 4.78 is 10.9. The molecule has 4 rings (SSSR count). The number of hydrogen-bond donors (Lipinski definition) is 1. The van der Waals surface area contributed by atoms with E-state index in [1.165, 1.54) is 0 Å². The average Bonchev–Trinajstić information content (AvgIpc) is 3.47. The Hall–Kier alpha value is -3.38. The van der Waals surface area contributed by atoms with E-state index < -0.39 is 6.10 Å². The number of nitrogens with zero attached hydrogens (tertiary/aromatic N) is 1. The molecule has 1 N–H and O–H groups in total. The van der Waals surface area contributed by atoms with Gasteiger partial charge < -0.3 is 19.4 Å². The van der Waals surface area contributed by atoms with Crippen LogP contribution in [0.5, 0.6) is 0 Å². The predicted molar refractivity (Wildman–Crippen MR) is 114 cm³/mol. The predicted octanol–water partition coefficient (Wildman–Crippen LogP) is 4.55. The number of amides is 2. The van der Waals surface area contributed by atoms with Crippen molar-refractivity contribution in [1.82, 2.24) is 0 Å². The zero-order valence-electron chi connectivity index (χ0n) is 16.8. The van der Waals surface area contributed by atoms with Crippen molar-refractivity contribution in [1.29, 1.82) is 0 Å². The number of carbonyl (C=O) groups is 2. The van der Waals surface area contributed by atoms with E-state index in [0.717, 1.165) is 24.1 Å². The molecule has 2 aromatic carbocycles. The van der Waals surface area contributed by atoms with E-state index in [1.54, 1.807) is 41.5 Å². The molecule has 6 nitrogen and oxygen atoms in total. The summed E-state index contributed by atoms with van der Waals surface area (Å²) in [4.78, 5) is 27.4. The standard InChI is InChI=1S/C24H24N2O4/c1-17-9-11-20(12-10-17)26(16-21-7-3-13-29-21)24(28)18-5-2-6-19(15-18)25-23(27)22-8-4-14-30-22/h2-3,5-7,9-13,15,22H,4,8,14,16H2,1H3,(H,25,27). The summed E-state index contributed by atoms with van der Waals surface area (Å²) in [6.07, 6.45) is 2.77. The van der Waals surface area contributed by atoms with E-state index in [9.17, 15) is 9.59 Å². The maximum Gasteiger partial charge on any atom is 0.258 e. The van der Waals surface area contributed by atoms with E-state index in [1.807, 2.05) is 37.3 Å². The van der Waals surface area contributed by atoms with Gasteiger partial charge in [0.1, 0.15) is 11.9 Å². The van der Waals surface area contributed by atoms with Gasteiger partial charge in [-0.1, -0.05) is 23.8 Å². The Bertz CT molecular complexity index is 1010. The van der Waals surface area contributed by atoms with Crippen molar-refractivity contribution in [2.24, 2.45) is 0 Å². The molecule has 0 radical (unpaired) electrons. The lowest BCUT2D eigenvalue weighted by atomic mass is 10.1. The second kappa shape index (κ2) is 8.97. The zero-order chi connectivity index (χ0) is 20.9. The minimum absolute atomic E-state index is 0.177. The summed E-state index contributed by atoms with van der Waals surface area (Å²) in [7, 11) is 0. The summed E-state index contributed by atoms with van der Waals surface area (Å²) in [6.45, 7) is 2.92. The van der Waals surface area contributed by atoms with E-state index in [2.05, 4.69) is 5.32 Å². The van der Waals surface area contributed by atoms with E-state index >= 15 is 0 Å². The molecule has 154 valence electrons. The Labute approximate surface area is 175 Å². The van der Waals surface area contributed by atoms with Crippen LogP contribution in [0.4, 0.5) is 11.4 Å². The van der Waals surface area contributed by atoms with Crippen LogP contribution in [0, 0.1) is 6.92 Å². The van der Waals surface area contributed by atoms with Gasteiger partial charge in [0.05, 0.1) is 12.8 Å². The second-order valence-electron chi connectivity index (χ2n) is 7.38. The normalized spacial score (nSPS) is 15.7. The molecule has 30 heavy (non-hydrogen) atoms. The van der Waals surface area contributed by atoms with Gasteiger partial charge in [0, 0.05) is 23.5 Å². The number of anilines is 2. The van der Waals surface area contributed by atoms with E-state index in [4.69, 9.17) is 9.15 Å². The lowest BCUT2D eigenvalue weighted by Gasteiger charge is -2.22. The van der Waals surface area contributed by atoms with Crippen LogP contribution < -0.4 is 10.2 Å². The molecule has 1 aliphatic heterocycles. The quantitative estimate of drug-likeness (QED) is 0.654. The Morgan fingerprint density at radius 1 is 1.10 bits per heavy atom. The van der Waals surface area contributed by atoms with E-state index in [-0.39, 0.29) is 11.8 Å². The summed E-state index contributed by atoms with van der Waals surface area (Å²) in [6, 6.07) is 18.4. The Balaban J connectivity index is 1.57. The number of benzene rings is 2. The van der Waals surface area contributed by atoms with Crippen molar-refractivity contribution >= 4 is 23.2 Å². The largest absolute Gasteiger partial charge is 0.467 e. The summed E-state index contributed by atoms with van der Waals surface area (Å²) in [5, 5.41) is 2.86. The van der Waals surface area contributed by atoms with Crippen molar-refractivity contribution in [3.05, 3.63) is 83.8 Å². The number of ether oxygens (including phenoxy) is 1. The molecule has 3 aromatic rings. The smallest absolute Gasteiger partial charge is 0.258 e. The number of aryl methyl sites for hydroxylation is 1. The third-order valence-electron chi connectivity index (χ3n) is 5.08. The van der Waals surface area contributed by atoms with Crippen LogP contribution in [-0.2, 0) is 16.1 Å². The van der Waals surface area contributed by atoms with Gasteiger partial charge in [-0.05, 0) is 62.2 Å². The molecule has 1 aromatic heterocycles. The van der Waals surface area contributed by atoms with E-state index in [0.29, 0.717) is 30.2 Å². The molecule has 1 aliphatic rings. The molecule has 1 atom stereocenters. The first-order chi connectivity index (χ1) is 14.6. The molecule has 2 amide bonds. The number of rotatable bonds is 6. The average molecular weight is 404 g/mol. The van der Waals surface area contributed by atoms with Crippen molar-refractivity contribution in [2.45, 2.75) is 32.4 Å². The van der Waals surface area contributed by atoms with Gasteiger partial charge in [-0.3, -0.25) is 9.59 Å². The summed E-state index contributed by atoms with van der Waals surface area (Å²) in [5.41, 5.74) is 2.94. The third kappa shape index (κ3) is 4.60. The van der Waals surface area contributed by atoms with Crippen molar-refractivity contribution in [2.75, 3.05) is 16.8 Å². The van der Waals surface area contributed by atoms with Gasteiger partial charge in [-0.25, -0.2) is 0 Å². The number of carbonyl (C=O) groups excluding carboxylic acids is 2. The van der Waals surface area contributed by atoms with Crippen molar-refractivity contribution in [3.8, 4) is 0 Å². The number of hydrogen-bond acceptors (Lipinski definition) is 4. The lowest BCUT2D eigenvalue weighted by Crippen LogP contribution is -2.30. The Kier molecular flexibility index (Phi) is 5.95. The molecule has 0 bridgehead atoms. The molecule has 0 saturated carbocycles. The molecule has 6 heteroatoms. The highest BCUT2D eigenvalue weighted by Crippen LogP contribution is 2.23. The monoisotopic (exact) mass is 404 g/mol. The molecule has 0 spiro atoms. The molecule has 1 fully saturated rings. The Morgan fingerprint density at radius 3 is 2.63 bits per heavy atom. The van der Waals surface area contributed by atoms with Gasteiger partial charge in [0.2, 0.25) is 0 Å². The molecule has 1 saturated heterocycles. The lowest BCUT2D eigenvalue weighted by molar-refractivity contribution is -0.124. The van der Waals surface area contributed by atoms with Gasteiger partial charge >= 0.3 is 0 Å². The SMILES string of the molecule is Cc1ccc(N(Cc2ccco2)C(=O)c2cccc(NC(=O)C3CCCO3)c2)cc1. The first-order valence-electron chi connectivity index (χ1n) is 10.0. The third-order valence-corrected chi connectivity index (χ3v) is 5.08. The van der Waals surface area contributed by atoms with Crippen LogP contribution in [0.15, 0.2) is 71.3 Å². The first-order valence-corrected chi connectivity index (χ1v) is 10.0. The summed E-state index contributed by atoms with van der Waals surface area (Å²) in [5.74, 6) is 0.332. The highest BCUT2D eigenvalue weighted by Gasteiger charge is 2.24. The van der Waals surface area contributed by atoms with Gasteiger partial charge in [0.15, 0.2) is 0 Å². The maximum atomic E-state index is 13.4. The molecule has 0 aliphatic carbocycles. The molecule has 1 unspecified atom stereocenters. The first kappa shape index (κ1) is 19.9.